The van der Waals surface area contributed by atoms with Crippen molar-refractivity contribution in [1.82, 2.24) is 0 Å². The fourth-order valence-corrected chi connectivity index (χ4v) is 1.68. The normalized spacial score (nSPS) is 20.6. The predicted octanol–water partition coefficient (Wildman–Crippen LogP) is 3.87. The Morgan fingerprint density at radius 2 is 2.20 bits per heavy atom. The Kier molecular flexibility index (Phi) is 6.49. The Morgan fingerprint density at radius 1 is 1.33 bits per heavy atom. The van der Waals surface area contributed by atoms with Gasteiger partial charge in [-0.2, -0.15) is 0 Å². The first kappa shape index (κ1) is 12.6. The Balaban J connectivity index is 1.86. The molecule has 2 nitrogen and oxygen atoms in total. The average Bonchev–Trinajstić information content (AvgIpc) is 2.24. The molecule has 1 rings (SSSR count). The highest BCUT2D eigenvalue weighted by Crippen LogP contribution is 2.13. The number of hydrogen-bond acceptors (Lipinski definition) is 2. The van der Waals surface area contributed by atoms with Gasteiger partial charge in [0.05, 0.1) is 12.9 Å². The van der Waals surface area contributed by atoms with Crippen LogP contribution in [0.5, 0.6) is 0 Å². The summed E-state index contributed by atoms with van der Waals surface area (Å²) in [6.45, 7) is 5.40. The zero-order valence-electron chi connectivity index (χ0n) is 10.1. The Bertz CT molecular complexity index is 175. The summed E-state index contributed by atoms with van der Waals surface area (Å²) in [5.74, 6) is 0.831. The van der Waals surface area contributed by atoms with Gasteiger partial charge in [-0.15, -0.1) is 0 Å². The molecule has 1 atom stereocenters. The van der Waals surface area contributed by atoms with Crippen LogP contribution in [-0.4, -0.2) is 12.9 Å². The zero-order valence-corrected chi connectivity index (χ0v) is 10.1. The number of allylic oxidation sites excluding steroid dienone is 1. The van der Waals surface area contributed by atoms with Crippen LogP contribution in [0.4, 0.5) is 0 Å². The van der Waals surface area contributed by atoms with Crippen molar-refractivity contribution in [2.45, 2.75) is 58.7 Å². The van der Waals surface area contributed by atoms with E-state index in [0.29, 0.717) is 0 Å². The Labute approximate surface area is 93.7 Å². The van der Waals surface area contributed by atoms with Crippen molar-refractivity contribution in [1.29, 1.82) is 0 Å². The first-order valence-electron chi connectivity index (χ1n) is 6.21. The van der Waals surface area contributed by atoms with Crippen molar-refractivity contribution < 1.29 is 9.47 Å². The molecule has 15 heavy (non-hydrogen) atoms. The van der Waals surface area contributed by atoms with Crippen molar-refractivity contribution >= 4 is 0 Å². The third kappa shape index (κ3) is 6.56. The van der Waals surface area contributed by atoms with Crippen LogP contribution in [0.2, 0.25) is 0 Å². The molecule has 0 spiro atoms. The second kappa shape index (κ2) is 7.75. The molecule has 0 bridgehead atoms. The summed E-state index contributed by atoms with van der Waals surface area (Å²) in [5.41, 5.74) is 0. The van der Waals surface area contributed by atoms with Crippen molar-refractivity contribution in [2.75, 3.05) is 6.61 Å². The fourth-order valence-electron chi connectivity index (χ4n) is 1.68. The minimum absolute atomic E-state index is 0.0140. The lowest BCUT2D eigenvalue weighted by Gasteiger charge is -2.19. The molecule has 1 heterocycles. The van der Waals surface area contributed by atoms with Crippen LogP contribution in [0.15, 0.2) is 12.3 Å². The van der Waals surface area contributed by atoms with Crippen LogP contribution >= 0.6 is 0 Å². The number of unbranched alkanes of at least 4 members (excludes halogenated alkanes) is 2. The van der Waals surface area contributed by atoms with E-state index in [1.54, 1.807) is 6.26 Å². The summed E-state index contributed by atoms with van der Waals surface area (Å²) in [5, 5.41) is 0. The standard InChI is InChI=1S/C13H24O2/c1-12(2)8-4-3-6-10-14-13-9-5-7-11-15-13/h7,11-13H,3-6,8-10H2,1-2H3. The highest BCUT2D eigenvalue weighted by atomic mass is 16.7. The van der Waals surface area contributed by atoms with Gasteiger partial charge in [-0.25, -0.2) is 0 Å². The molecule has 0 saturated carbocycles. The highest BCUT2D eigenvalue weighted by molar-refractivity contribution is 4.79. The van der Waals surface area contributed by atoms with Gasteiger partial charge < -0.3 is 9.47 Å². The van der Waals surface area contributed by atoms with E-state index in [1.165, 1.54) is 19.3 Å². The van der Waals surface area contributed by atoms with Crippen molar-refractivity contribution in [2.24, 2.45) is 5.92 Å². The van der Waals surface area contributed by atoms with Crippen LogP contribution in [0.1, 0.15) is 52.4 Å². The minimum Gasteiger partial charge on any atom is -0.473 e. The highest BCUT2D eigenvalue weighted by Gasteiger charge is 2.09. The molecule has 1 unspecified atom stereocenters. The predicted molar refractivity (Wildman–Crippen MR) is 62.5 cm³/mol. The average molecular weight is 212 g/mol. The van der Waals surface area contributed by atoms with Crippen LogP contribution in [0.25, 0.3) is 0 Å². The summed E-state index contributed by atoms with van der Waals surface area (Å²) in [7, 11) is 0. The molecule has 2 heteroatoms. The number of ether oxygens (including phenoxy) is 2. The van der Waals surface area contributed by atoms with Gasteiger partial charge in [-0.3, -0.25) is 0 Å². The molecule has 88 valence electrons. The summed E-state index contributed by atoms with van der Waals surface area (Å²) in [4.78, 5) is 0. The Hall–Kier alpha value is -0.500. The maximum Gasteiger partial charge on any atom is 0.199 e. The lowest BCUT2D eigenvalue weighted by atomic mass is 10.1. The monoisotopic (exact) mass is 212 g/mol. The molecule has 0 aromatic carbocycles. The summed E-state index contributed by atoms with van der Waals surface area (Å²) in [6.07, 6.45) is 11.0. The van der Waals surface area contributed by atoms with Crippen LogP contribution in [-0.2, 0) is 9.47 Å². The van der Waals surface area contributed by atoms with E-state index in [0.717, 1.165) is 31.8 Å². The summed E-state index contributed by atoms with van der Waals surface area (Å²) in [6, 6.07) is 0. The molecule has 0 radical (unpaired) electrons. The van der Waals surface area contributed by atoms with Gasteiger partial charge in [0.2, 0.25) is 0 Å². The second-order valence-electron chi connectivity index (χ2n) is 4.63. The van der Waals surface area contributed by atoms with Gasteiger partial charge in [0, 0.05) is 6.42 Å². The SMILES string of the molecule is CC(C)CCCCCOC1CCC=CO1. The second-order valence-corrected chi connectivity index (χ2v) is 4.63. The molecule has 0 aromatic rings. The van der Waals surface area contributed by atoms with Gasteiger partial charge >= 0.3 is 0 Å². The zero-order chi connectivity index (χ0) is 10.9. The van der Waals surface area contributed by atoms with E-state index in [-0.39, 0.29) is 6.29 Å². The van der Waals surface area contributed by atoms with E-state index in [9.17, 15) is 0 Å². The summed E-state index contributed by atoms with van der Waals surface area (Å²) >= 11 is 0. The van der Waals surface area contributed by atoms with E-state index in [1.807, 2.05) is 6.08 Å². The van der Waals surface area contributed by atoms with E-state index >= 15 is 0 Å². The molecule has 0 aliphatic carbocycles. The minimum atomic E-state index is 0.0140. The van der Waals surface area contributed by atoms with Crippen molar-refractivity contribution in [3.63, 3.8) is 0 Å². The maximum atomic E-state index is 5.62. The number of hydrogen-bond donors (Lipinski definition) is 0. The molecule has 0 fully saturated rings. The van der Waals surface area contributed by atoms with E-state index < -0.39 is 0 Å². The molecule has 0 N–H and O–H groups in total. The van der Waals surface area contributed by atoms with Crippen molar-refractivity contribution in [3.8, 4) is 0 Å². The smallest absolute Gasteiger partial charge is 0.199 e. The first-order chi connectivity index (χ1) is 7.29. The first-order valence-corrected chi connectivity index (χ1v) is 6.21. The third-order valence-electron chi connectivity index (χ3n) is 2.63. The lowest BCUT2D eigenvalue weighted by molar-refractivity contribution is -0.115. The van der Waals surface area contributed by atoms with Gasteiger partial charge in [0.25, 0.3) is 0 Å². The molecule has 0 amide bonds. The lowest BCUT2D eigenvalue weighted by Crippen LogP contribution is -2.17. The fraction of sp³-hybridized carbons (Fsp3) is 0.846. The quantitative estimate of drug-likeness (QED) is 0.596. The maximum absolute atomic E-state index is 5.62. The summed E-state index contributed by atoms with van der Waals surface area (Å²) < 4.78 is 10.9. The largest absolute Gasteiger partial charge is 0.473 e. The van der Waals surface area contributed by atoms with Gasteiger partial charge in [0.15, 0.2) is 6.29 Å². The van der Waals surface area contributed by atoms with E-state index in [2.05, 4.69) is 13.8 Å². The van der Waals surface area contributed by atoms with Gasteiger partial charge in [0.1, 0.15) is 0 Å². The van der Waals surface area contributed by atoms with Crippen molar-refractivity contribution in [3.05, 3.63) is 12.3 Å². The van der Waals surface area contributed by atoms with Crippen LogP contribution < -0.4 is 0 Å². The molecule has 1 aliphatic heterocycles. The van der Waals surface area contributed by atoms with Gasteiger partial charge in [-0.05, 0) is 24.8 Å². The van der Waals surface area contributed by atoms with Crippen LogP contribution in [0, 0.1) is 5.92 Å². The molecular weight excluding hydrogens is 188 g/mol. The third-order valence-corrected chi connectivity index (χ3v) is 2.63. The van der Waals surface area contributed by atoms with Crippen LogP contribution in [0.3, 0.4) is 0 Å². The van der Waals surface area contributed by atoms with E-state index in [4.69, 9.17) is 9.47 Å². The topological polar surface area (TPSA) is 18.5 Å². The molecular formula is C13H24O2. The molecule has 0 saturated heterocycles. The van der Waals surface area contributed by atoms with Gasteiger partial charge in [-0.1, -0.05) is 33.1 Å². The molecule has 1 aliphatic rings. The Morgan fingerprint density at radius 3 is 2.87 bits per heavy atom. The number of rotatable bonds is 7. The molecule has 0 aromatic heterocycles.